The number of methoxy groups -OCH3 is 2. The van der Waals surface area contributed by atoms with E-state index in [1.807, 2.05) is 36.4 Å². The first kappa shape index (κ1) is 47.4. The van der Waals surface area contributed by atoms with Crippen LogP contribution in [0.5, 0.6) is 11.5 Å². The Morgan fingerprint density at radius 2 is 0.967 bits per heavy atom. The Balaban J connectivity index is 1.38. The number of Topliss-reactive ketones (excluding diaryl/α,β-unsaturated/α-hetero) is 2. The number of aliphatic hydroxyl groups is 2. The van der Waals surface area contributed by atoms with Gasteiger partial charge in [-0.25, -0.2) is 9.59 Å². The lowest BCUT2D eigenvalue weighted by molar-refractivity contribution is -0.234. The van der Waals surface area contributed by atoms with Gasteiger partial charge >= 0.3 is 11.9 Å². The molecule has 0 aliphatic carbocycles. The van der Waals surface area contributed by atoms with Crippen LogP contribution in [0.3, 0.4) is 0 Å². The average molecular weight is 835 g/mol. The lowest BCUT2D eigenvalue weighted by Crippen LogP contribution is -2.57. The van der Waals surface area contributed by atoms with E-state index in [0.29, 0.717) is 85.7 Å². The standard InChI is InChI=1S/C49H58N2O10/c1-58-46(54)29-19-36-15-25-43(26-16-36)60-31-7-3-5-9-42(52)35-48(33-38-11-21-40(50)22-12-38,34-39-13-23-41(51)24-14-39)49(56,57)45(53)10-6-4-8-32-61-44-27-17-37(18-28-44)20-30-47(55)59-2/h11-30,56-57H,3-10,31-35,50-51H2,1-2H3/b29-19+,30-20+. The summed E-state index contributed by atoms with van der Waals surface area (Å²) in [5.41, 5.74) is 14.4. The number of unbranched alkanes of at least 4 members (excludes halogenated alkanes) is 4. The predicted molar refractivity (Wildman–Crippen MR) is 236 cm³/mol. The zero-order valence-corrected chi connectivity index (χ0v) is 35.1. The maximum atomic E-state index is 14.0. The summed E-state index contributed by atoms with van der Waals surface area (Å²) < 4.78 is 20.9. The molecule has 0 saturated carbocycles. The number of benzene rings is 4. The van der Waals surface area contributed by atoms with Crippen LogP contribution >= 0.6 is 0 Å². The zero-order chi connectivity index (χ0) is 44.1. The summed E-state index contributed by atoms with van der Waals surface area (Å²) in [5, 5.41) is 24.1. The highest BCUT2D eigenvalue weighted by atomic mass is 16.5. The zero-order valence-electron chi connectivity index (χ0n) is 35.1. The summed E-state index contributed by atoms with van der Waals surface area (Å²) in [7, 11) is 2.63. The van der Waals surface area contributed by atoms with Crippen LogP contribution < -0.4 is 20.9 Å². The summed E-state index contributed by atoms with van der Waals surface area (Å²) in [4.78, 5) is 50.5. The lowest BCUT2D eigenvalue weighted by atomic mass is 9.65. The summed E-state index contributed by atoms with van der Waals surface area (Å²) in [5.74, 6) is -3.35. The Morgan fingerprint density at radius 1 is 0.557 bits per heavy atom. The smallest absolute Gasteiger partial charge is 0.330 e. The highest BCUT2D eigenvalue weighted by molar-refractivity contribution is 5.89. The molecule has 12 heteroatoms. The van der Waals surface area contributed by atoms with Crippen molar-refractivity contribution in [2.75, 3.05) is 38.9 Å². The minimum atomic E-state index is -2.86. The summed E-state index contributed by atoms with van der Waals surface area (Å²) in [6.07, 6.45) is 9.38. The number of carbonyl (C=O) groups is 4. The van der Waals surface area contributed by atoms with Crippen LogP contribution in [-0.4, -0.2) is 66.9 Å². The Bertz CT molecular complexity index is 2010. The SMILES string of the molecule is COC(=O)/C=C/c1ccc(OCCCCCC(=O)CC(Cc2ccc(N)cc2)(Cc2ccc(N)cc2)C(O)(O)C(=O)CCCCCOc2ccc(/C=C/C(=O)OC)cc2)cc1. The van der Waals surface area contributed by atoms with Gasteiger partial charge in [0.2, 0.25) is 5.79 Å². The number of esters is 2. The second-order valence-corrected chi connectivity index (χ2v) is 15.1. The summed E-state index contributed by atoms with van der Waals surface area (Å²) in [6.45, 7) is 0.823. The highest BCUT2D eigenvalue weighted by Gasteiger charge is 2.54. The van der Waals surface area contributed by atoms with E-state index >= 15 is 0 Å². The van der Waals surface area contributed by atoms with E-state index in [9.17, 15) is 29.4 Å². The molecule has 4 rings (SSSR count). The molecule has 324 valence electrons. The van der Waals surface area contributed by atoms with Crippen molar-refractivity contribution in [3.8, 4) is 11.5 Å². The van der Waals surface area contributed by atoms with Crippen LogP contribution in [-0.2, 0) is 41.5 Å². The van der Waals surface area contributed by atoms with E-state index in [1.54, 1.807) is 72.8 Å². The van der Waals surface area contributed by atoms with Gasteiger partial charge < -0.3 is 40.6 Å². The molecule has 0 heterocycles. The summed E-state index contributed by atoms with van der Waals surface area (Å²) >= 11 is 0. The molecule has 12 nitrogen and oxygen atoms in total. The van der Waals surface area contributed by atoms with Crippen molar-refractivity contribution in [1.82, 2.24) is 0 Å². The molecule has 0 atom stereocenters. The number of nitrogen functional groups attached to an aromatic ring is 2. The Hall–Kier alpha value is -6.24. The highest BCUT2D eigenvalue weighted by Crippen LogP contribution is 2.43. The molecule has 61 heavy (non-hydrogen) atoms. The van der Waals surface area contributed by atoms with Crippen molar-refractivity contribution in [1.29, 1.82) is 0 Å². The minimum absolute atomic E-state index is 0.0261. The van der Waals surface area contributed by atoms with E-state index in [2.05, 4.69) is 9.47 Å². The van der Waals surface area contributed by atoms with E-state index in [4.69, 9.17) is 20.9 Å². The molecule has 0 spiro atoms. The lowest BCUT2D eigenvalue weighted by Gasteiger charge is -2.43. The quantitative estimate of drug-likeness (QED) is 0.0160. The molecule has 0 fully saturated rings. The molecule has 0 aliphatic heterocycles. The molecule has 4 aromatic carbocycles. The number of anilines is 2. The molecule has 0 aliphatic rings. The molecule has 0 saturated heterocycles. The number of ketones is 2. The largest absolute Gasteiger partial charge is 0.494 e. The van der Waals surface area contributed by atoms with Gasteiger partial charge in [-0.05, 0) is 134 Å². The number of carbonyl (C=O) groups excluding carboxylic acids is 4. The third kappa shape index (κ3) is 15.7. The average Bonchev–Trinajstić information content (AvgIpc) is 3.26. The number of nitrogens with two attached hydrogens (primary N) is 2. The maximum absolute atomic E-state index is 14.0. The van der Waals surface area contributed by atoms with Gasteiger partial charge in [0.25, 0.3) is 0 Å². The molecule has 0 radical (unpaired) electrons. The normalized spacial score (nSPS) is 11.7. The van der Waals surface area contributed by atoms with Crippen molar-refractivity contribution in [2.24, 2.45) is 5.41 Å². The molecule has 0 bridgehead atoms. The van der Waals surface area contributed by atoms with Crippen LogP contribution in [0.25, 0.3) is 12.2 Å². The fourth-order valence-corrected chi connectivity index (χ4v) is 6.91. The minimum Gasteiger partial charge on any atom is -0.494 e. The molecular formula is C49H58N2O10. The Morgan fingerprint density at radius 3 is 1.38 bits per heavy atom. The number of ether oxygens (including phenoxy) is 4. The third-order valence-electron chi connectivity index (χ3n) is 10.4. The second kappa shape index (κ2) is 24.1. The van der Waals surface area contributed by atoms with Gasteiger partial charge in [0.1, 0.15) is 17.3 Å². The molecule has 4 aromatic rings. The van der Waals surface area contributed by atoms with Crippen molar-refractivity contribution >= 4 is 47.0 Å². The van der Waals surface area contributed by atoms with E-state index in [-0.39, 0.29) is 37.9 Å². The van der Waals surface area contributed by atoms with Gasteiger partial charge in [-0.3, -0.25) is 9.59 Å². The van der Waals surface area contributed by atoms with Gasteiger partial charge in [0.05, 0.1) is 27.4 Å². The predicted octanol–water partition coefficient (Wildman–Crippen LogP) is 7.48. The topological polar surface area (TPSA) is 198 Å². The van der Waals surface area contributed by atoms with Crippen molar-refractivity contribution in [3.63, 3.8) is 0 Å². The van der Waals surface area contributed by atoms with E-state index < -0.39 is 28.9 Å². The third-order valence-corrected chi connectivity index (χ3v) is 10.4. The van der Waals surface area contributed by atoms with Gasteiger partial charge in [-0.1, -0.05) is 48.5 Å². The first-order valence-electron chi connectivity index (χ1n) is 20.5. The molecular weight excluding hydrogens is 777 g/mol. The van der Waals surface area contributed by atoms with Crippen LogP contribution in [0.2, 0.25) is 0 Å². The van der Waals surface area contributed by atoms with Crippen LogP contribution in [0.1, 0.15) is 80.0 Å². The Kier molecular flexibility index (Phi) is 18.8. The van der Waals surface area contributed by atoms with Crippen LogP contribution in [0.15, 0.2) is 109 Å². The number of rotatable bonds is 26. The van der Waals surface area contributed by atoms with Crippen LogP contribution in [0, 0.1) is 5.41 Å². The first-order valence-corrected chi connectivity index (χ1v) is 20.5. The molecule has 0 aromatic heterocycles. The van der Waals surface area contributed by atoms with Crippen molar-refractivity contribution in [3.05, 3.63) is 131 Å². The number of hydrogen-bond acceptors (Lipinski definition) is 12. The van der Waals surface area contributed by atoms with Gasteiger partial charge in [-0.2, -0.15) is 0 Å². The monoisotopic (exact) mass is 834 g/mol. The fraction of sp³-hybridized carbons (Fsp3) is 0.347. The van der Waals surface area contributed by atoms with Crippen molar-refractivity contribution < 1.29 is 48.3 Å². The fourth-order valence-electron chi connectivity index (χ4n) is 6.91. The van der Waals surface area contributed by atoms with Crippen molar-refractivity contribution in [2.45, 2.75) is 76.4 Å². The molecule has 6 N–H and O–H groups in total. The first-order chi connectivity index (χ1) is 29.3. The summed E-state index contributed by atoms with van der Waals surface area (Å²) in [6, 6.07) is 28.4. The number of hydrogen-bond donors (Lipinski definition) is 4. The molecule has 0 amide bonds. The van der Waals surface area contributed by atoms with Gasteiger partial charge in [0, 0.05) is 48.2 Å². The Labute approximate surface area is 358 Å². The van der Waals surface area contributed by atoms with Gasteiger partial charge in [0.15, 0.2) is 5.78 Å². The van der Waals surface area contributed by atoms with Crippen LogP contribution in [0.4, 0.5) is 11.4 Å². The second-order valence-electron chi connectivity index (χ2n) is 15.1. The maximum Gasteiger partial charge on any atom is 0.330 e. The van der Waals surface area contributed by atoms with E-state index in [0.717, 1.165) is 11.1 Å². The van der Waals surface area contributed by atoms with E-state index in [1.165, 1.54) is 26.4 Å². The van der Waals surface area contributed by atoms with Gasteiger partial charge in [-0.15, -0.1) is 0 Å². The molecule has 0 unspecified atom stereocenters.